The molecule has 1 saturated heterocycles. The van der Waals surface area contributed by atoms with E-state index in [2.05, 4.69) is 25.6 Å². The first-order chi connectivity index (χ1) is 5.22. The van der Waals surface area contributed by atoms with Crippen molar-refractivity contribution in [2.45, 2.75) is 44.3 Å². The van der Waals surface area contributed by atoms with Crippen LogP contribution in [0.3, 0.4) is 0 Å². The topological polar surface area (TPSA) is 0 Å². The van der Waals surface area contributed by atoms with Gasteiger partial charge in [0.2, 0.25) is 0 Å². The van der Waals surface area contributed by atoms with Crippen LogP contribution >= 0.6 is 11.8 Å². The lowest BCUT2D eigenvalue weighted by Gasteiger charge is -2.38. The zero-order valence-electron chi connectivity index (χ0n) is 7.60. The Balaban J connectivity index is 1.93. The lowest BCUT2D eigenvalue weighted by Crippen LogP contribution is -2.31. The SMILES string of the molecule is CC(C)C1CCC2(CCS2)C1. The zero-order valence-corrected chi connectivity index (χ0v) is 8.41. The van der Waals surface area contributed by atoms with Crippen LogP contribution in [0.2, 0.25) is 0 Å². The highest BCUT2D eigenvalue weighted by Crippen LogP contribution is 2.55. The maximum absolute atomic E-state index is 2.38. The molecule has 1 aliphatic carbocycles. The maximum Gasteiger partial charge on any atom is 0.0170 e. The Morgan fingerprint density at radius 2 is 2.09 bits per heavy atom. The molecule has 0 amide bonds. The van der Waals surface area contributed by atoms with Gasteiger partial charge in [-0.15, -0.1) is 0 Å². The predicted molar refractivity (Wildman–Crippen MR) is 52.0 cm³/mol. The minimum atomic E-state index is 0.787. The molecular formula is C10H18S. The quantitative estimate of drug-likeness (QED) is 0.582. The van der Waals surface area contributed by atoms with Crippen LogP contribution in [0.15, 0.2) is 0 Å². The first kappa shape index (κ1) is 7.97. The van der Waals surface area contributed by atoms with Crippen LogP contribution < -0.4 is 0 Å². The summed E-state index contributed by atoms with van der Waals surface area (Å²) in [6.45, 7) is 4.76. The second-order valence-corrected chi connectivity index (χ2v) is 6.09. The van der Waals surface area contributed by atoms with E-state index in [1.54, 1.807) is 0 Å². The molecule has 0 aromatic heterocycles. The summed E-state index contributed by atoms with van der Waals surface area (Å²) >= 11 is 2.24. The van der Waals surface area contributed by atoms with Gasteiger partial charge in [0.15, 0.2) is 0 Å². The Bertz CT molecular complexity index is 147. The lowest BCUT2D eigenvalue weighted by atomic mass is 9.92. The van der Waals surface area contributed by atoms with Crippen LogP contribution in [0.25, 0.3) is 0 Å². The fraction of sp³-hybridized carbons (Fsp3) is 1.00. The van der Waals surface area contributed by atoms with Crippen molar-refractivity contribution < 1.29 is 0 Å². The third-order valence-electron chi connectivity index (χ3n) is 3.51. The molecule has 11 heavy (non-hydrogen) atoms. The number of rotatable bonds is 1. The van der Waals surface area contributed by atoms with Gasteiger partial charge in [0.1, 0.15) is 0 Å². The minimum Gasteiger partial charge on any atom is -0.155 e. The molecule has 1 spiro atoms. The van der Waals surface area contributed by atoms with Gasteiger partial charge >= 0.3 is 0 Å². The highest BCUT2D eigenvalue weighted by Gasteiger charge is 2.44. The third kappa shape index (κ3) is 1.32. The average molecular weight is 170 g/mol. The monoisotopic (exact) mass is 170 g/mol. The van der Waals surface area contributed by atoms with Gasteiger partial charge in [-0.05, 0) is 43.3 Å². The summed E-state index contributed by atoms with van der Waals surface area (Å²) in [5.41, 5.74) is 0. The molecule has 0 bridgehead atoms. The molecule has 1 aliphatic heterocycles. The van der Waals surface area contributed by atoms with Gasteiger partial charge in [-0.2, -0.15) is 11.8 Å². The van der Waals surface area contributed by atoms with E-state index < -0.39 is 0 Å². The molecular weight excluding hydrogens is 152 g/mol. The van der Waals surface area contributed by atoms with E-state index in [1.165, 1.54) is 31.4 Å². The van der Waals surface area contributed by atoms with Crippen molar-refractivity contribution in [3.05, 3.63) is 0 Å². The first-order valence-corrected chi connectivity index (χ1v) is 5.84. The number of hydrogen-bond acceptors (Lipinski definition) is 1. The molecule has 2 unspecified atom stereocenters. The van der Waals surface area contributed by atoms with Gasteiger partial charge in [-0.1, -0.05) is 13.8 Å². The molecule has 0 N–H and O–H groups in total. The van der Waals surface area contributed by atoms with E-state index in [-0.39, 0.29) is 0 Å². The van der Waals surface area contributed by atoms with Crippen molar-refractivity contribution in [2.75, 3.05) is 5.75 Å². The van der Waals surface area contributed by atoms with Crippen molar-refractivity contribution in [3.8, 4) is 0 Å². The van der Waals surface area contributed by atoms with Crippen LogP contribution in [0.5, 0.6) is 0 Å². The second-order valence-electron chi connectivity index (χ2n) is 4.53. The molecule has 0 nitrogen and oxygen atoms in total. The Morgan fingerprint density at radius 3 is 2.36 bits per heavy atom. The van der Waals surface area contributed by atoms with Crippen molar-refractivity contribution in [1.29, 1.82) is 0 Å². The molecule has 64 valence electrons. The second kappa shape index (κ2) is 2.69. The zero-order chi connectivity index (χ0) is 7.90. The van der Waals surface area contributed by atoms with Crippen molar-refractivity contribution in [1.82, 2.24) is 0 Å². The Labute approximate surface area is 74.1 Å². The summed E-state index contributed by atoms with van der Waals surface area (Å²) in [5.74, 6) is 3.41. The molecule has 1 saturated carbocycles. The van der Waals surface area contributed by atoms with E-state index in [4.69, 9.17) is 0 Å². The lowest BCUT2D eigenvalue weighted by molar-refractivity contribution is 0.381. The van der Waals surface area contributed by atoms with Crippen molar-refractivity contribution in [2.24, 2.45) is 11.8 Å². The molecule has 2 atom stereocenters. The summed E-state index contributed by atoms with van der Waals surface area (Å²) in [5, 5.41) is 0. The largest absolute Gasteiger partial charge is 0.155 e. The normalized spacial score (nSPS) is 43.4. The molecule has 2 aliphatic rings. The van der Waals surface area contributed by atoms with Gasteiger partial charge < -0.3 is 0 Å². The minimum absolute atomic E-state index is 0.787. The van der Waals surface area contributed by atoms with E-state index in [1.807, 2.05) is 0 Å². The van der Waals surface area contributed by atoms with E-state index in [0.717, 1.165) is 16.6 Å². The van der Waals surface area contributed by atoms with Crippen LogP contribution in [-0.4, -0.2) is 10.5 Å². The third-order valence-corrected chi connectivity index (χ3v) is 5.11. The maximum atomic E-state index is 2.38. The number of thioether (sulfide) groups is 1. The Hall–Kier alpha value is 0.350. The highest BCUT2D eigenvalue weighted by molar-refractivity contribution is 8.02. The fourth-order valence-corrected chi connectivity index (χ4v) is 3.82. The summed E-state index contributed by atoms with van der Waals surface area (Å²) < 4.78 is 0.787. The highest BCUT2D eigenvalue weighted by atomic mass is 32.2. The van der Waals surface area contributed by atoms with Crippen LogP contribution in [0.1, 0.15) is 39.5 Å². The van der Waals surface area contributed by atoms with Crippen molar-refractivity contribution in [3.63, 3.8) is 0 Å². The summed E-state index contributed by atoms with van der Waals surface area (Å²) in [7, 11) is 0. The van der Waals surface area contributed by atoms with Crippen molar-refractivity contribution >= 4 is 11.8 Å². The van der Waals surface area contributed by atoms with Crippen LogP contribution in [-0.2, 0) is 0 Å². The van der Waals surface area contributed by atoms with E-state index in [0.29, 0.717) is 0 Å². The molecule has 1 heterocycles. The van der Waals surface area contributed by atoms with E-state index in [9.17, 15) is 0 Å². The average Bonchev–Trinajstić information content (AvgIpc) is 2.28. The fourth-order valence-electron chi connectivity index (χ4n) is 2.45. The predicted octanol–water partition coefficient (Wildman–Crippen LogP) is 3.32. The summed E-state index contributed by atoms with van der Waals surface area (Å²) in [6.07, 6.45) is 6.06. The van der Waals surface area contributed by atoms with Gasteiger partial charge in [0, 0.05) is 4.75 Å². The van der Waals surface area contributed by atoms with Gasteiger partial charge in [-0.25, -0.2) is 0 Å². The molecule has 1 heteroatoms. The van der Waals surface area contributed by atoms with Gasteiger partial charge in [-0.3, -0.25) is 0 Å². The standard InChI is InChI=1S/C10H18S/c1-8(2)9-3-4-10(7-9)5-6-11-10/h8-9H,3-7H2,1-2H3. The van der Waals surface area contributed by atoms with E-state index >= 15 is 0 Å². The Morgan fingerprint density at radius 1 is 1.36 bits per heavy atom. The van der Waals surface area contributed by atoms with Gasteiger partial charge in [0.25, 0.3) is 0 Å². The molecule has 0 aromatic carbocycles. The van der Waals surface area contributed by atoms with Gasteiger partial charge in [0.05, 0.1) is 0 Å². The molecule has 0 radical (unpaired) electrons. The molecule has 0 aromatic rings. The van der Waals surface area contributed by atoms with Crippen LogP contribution in [0.4, 0.5) is 0 Å². The summed E-state index contributed by atoms with van der Waals surface area (Å²) in [4.78, 5) is 0. The number of hydrogen-bond donors (Lipinski definition) is 0. The van der Waals surface area contributed by atoms with Crippen LogP contribution in [0, 0.1) is 11.8 Å². The molecule has 2 rings (SSSR count). The molecule has 2 fully saturated rings. The first-order valence-electron chi connectivity index (χ1n) is 4.86. The smallest absolute Gasteiger partial charge is 0.0170 e. The summed E-state index contributed by atoms with van der Waals surface area (Å²) in [6, 6.07) is 0. The Kier molecular flexibility index (Phi) is 1.95.